The van der Waals surface area contributed by atoms with E-state index < -0.39 is 0 Å². The summed E-state index contributed by atoms with van der Waals surface area (Å²) in [5.41, 5.74) is 0. The molecule has 0 aliphatic rings. The molecule has 0 saturated carbocycles. The van der Waals surface area contributed by atoms with Gasteiger partial charge in [0.05, 0.1) is 6.10 Å². The number of rotatable bonds is 9. The van der Waals surface area contributed by atoms with E-state index in [4.69, 9.17) is 0 Å². The zero-order valence-electron chi connectivity index (χ0n) is 9.18. The Balaban J connectivity index is 2.91. The highest BCUT2D eigenvalue weighted by molar-refractivity contribution is 4.54. The van der Waals surface area contributed by atoms with E-state index in [9.17, 15) is 5.11 Å². The summed E-state index contributed by atoms with van der Waals surface area (Å²) in [5, 5.41) is 12.7. The molecule has 0 bridgehead atoms. The quantitative estimate of drug-likeness (QED) is 0.543. The Hall–Kier alpha value is -0.0800. The molecule has 80 valence electrons. The fourth-order valence-corrected chi connectivity index (χ4v) is 1.31. The number of hydrogen-bond acceptors (Lipinski definition) is 2. The highest BCUT2D eigenvalue weighted by atomic mass is 16.3. The highest BCUT2D eigenvalue weighted by Gasteiger charge is 1.98. The maximum Gasteiger partial charge on any atom is 0.0537 e. The molecule has 0 amide bonds. The molecular formula is C11H25NO. The van der Waals surface area contributed by atoms with Crippen LogP contribution in [0.3, 0.4) is 0 Å². The first-order chi connectivity index (χ1) is 6.31. The first-order valence-corrected chi connectivity index (χ1v) is 5.70. The molecule has 2 N–H and O–H groups in total. The van der Waals surface area contributed by atoms with Gasteiger partial charge in [0, 0.05) is 0 Å². The zero-order chi connectivity index (χ0) is 9.94. The third kappa shape index (κ3) is 9.84. The molecule has 0 radical (unpaired) electrons. The minimum Gasteiger partial charge on any atom is -0.393 e. The van der Waals surface area contributed by atoms with Crippen molar-refractivity contribution in [3.05, 3.63) is 0 Å². The maximum absolute atomic E-state index is 9.28. The lowest BCUT2D eigenvalue weighted by Crippen LogP contribution is -2.15. The summed E-state index contributed by atoms with van der Waals surface area (Å²) in [4.78, 5) is 0. The molecular weight excluding hydrogens is 162 g/mol. The van der Waals surface area contributed by atoms with Gasteiger partial charge >= 0.3 is 0 Å². The van der Waals surface area contributed by atoms with E-state index in [0.717, 1.165) is 25.9 Å². The van der Waals surface area contributed by atoms with Gasteiger partial charge in [-0.15, -0.1) is 0 Å². The number of nitrogens with one attached hydrogen (secondary N) is 1. The average Bonchev–Trinajstić information content (AvgIpc) is 2.16. The lowest BCUT2D eigenvalue weighted by Gasteiger charge is -2.07. The van der Waals surface area contributed by atoms with Gasteiger partial charge in [-0.05, 0) is 38.8 Å². The Morgan fingerprint density at radius 2 is 1.85 bits per heavy atom. The normalized spacial score (nSPS) is 13.2. The van der Waals surface area contributed by atoms with Crippen molar-refractivity contribution in [2.45, 2.75) is 58.5 Å². The number of aliphatic hydroxyl groups is 1. The van der Waals surface area contributed by atoms with Gasteiger partial charge in [-0.2, -0.15) is 0 Å². The van der Waals surface area contributed by atoms with Crippen molar-refractivity contribution in [1.29, 1.82) is 0 Å². The van der Waals surface area contributed by atoms with Crippen molar-refractivity contribution in [1.82, 2.24) is 5.32 Å². The molecule has 0 saturated heterocycles. The van der Waals surface area contributed by atoms with E-state index >= 15 is 0 Å². The molecule has 2 nitrogen and oxygen atoms in total. The predicted molar refractivity (Wildman–Crippen MR) is 57.9 cm³/mol. The minimum absolute atomic E-state index is 0.0661. The van der Waals surface area contributed by atoms with Gasteiger partial charge in [0.2, 0.25) is 0 Å². The summed E-state index contributed by atoms with van der Waals surface area (Å²) < 4.78 is 0. The van der Waals surface area contributed by atoms with E-state index in [1.807, 2.05) is 6.92 Å². The molecule has 0 aliphatic heterocycles. The van der Waals surface area contributed by atoms with Crippen molar-refractivity contribution in [3.8, 4) is 0 Å². The summed E-state index contributed by atoms with van der Waals surface area (Å²) in [6.45, 7) is 6.49. The lowest BCUT2D eigenvalue weighted by molar-refractivity contribution is 0.156. The maximum atomic E-state index is 9.28. The fraction of sp³-hybridized carbons (Fsp3) is 1.00. The van der Waals surface area contributed by atoms with Crippen LogP contribution < -0.4 is 5.32 Å². The van der Waals surface area contributed by atoms with Crippen molar-refractivity contribution < 1.29 is 5.11 Å². The van der Waals surface area contributed by atoms with Gasteiger partial charge in [-0.25, -0.2) is 0 Å². The molecule has 0 heterocycles. The van der Waals surface area contributed by atoms with Gasteiger partial charge < -0.3 is 10.4 Å². The van der Waals surface area contributed by atoms with Crippen LogP contribution in [0, 0.1) is 0 Å². The first-order valence-electron chi connectivity index (χ1n) is 5.70. The summed E-state index contributed by atoms with van der Waals surface area (Å²) in [5.74, 6) is 0. The summed E-state index contributed by atoms with van der Waals surface area (Å²) in [7, 11) is 0. The third-order valence-corrected chi connectivity index (χ3v) is 2.29. The van der Waals surface area contributed by atoms with E-state index in [1.54, 1.807) is 0 Å². The van der Waals surface area contributed by atoms with Crippen molar-refractivity contribution in [2.24, 2.45) is 0 Å². The standard InChI is InChI=1S/C11H25NO/c1-3-9-12-10-7-5-6-8-11(13)4-2/h11-13H,3-10H2,1-2H3. The Kier molecular flexibility index (Phi) is 9.94. The van der Waals surface area contributed by atoms with Gasteiger partial charge in [-0.3, -0.25) is 0 Å². The Morgan fingerprint density at radius 1 is 1.08 bits per heavy atom. The Bertz CT molecular complexity index is 96.1. The third-order valence-electron chi connectivity index (χ3n) is 2.29. The molecule has 0 rings (SSSR count). The topological polar surface area (TPSA) is 32.3 Å². The van der Waals surface area contributed by atoms with Crippen LogP contribution in [0.1, 0.15) is 52.4 Å². The second-order valence-corrected chi connectivity index (χ2v) is 3.66. The average molecular weight is 187 g/mol. The number of unbranched alkanes of at least 4 members (excludes halogenated alkanes) is 2. The lowest BCUT2D eigenvalue weighted by atomic mass is 10.1. The van der Waals surface area contributed by atoms with Gasteiger partial charge in [0.25, 0.3) is 0 Å². The van der Waals surface area contributed by atoms with Crippen LogP contribution in [-0.4, -0.2) is 24.3 Å². The molecule has 1 atom stereocenters. The zero-order valence-corrected chi connectivity index (χ0v) is 9.18. The summed E-state index contributed by atoms with van der Waals surface area (Å²) >= 11 is 0. The van der Waals surface area contributed by atoms with Crippen LogP contribution in [0.5, 0.6) is 0 Å². The summed E-state index contributed by atoms with van der Waals surface area (Å²) in [6.07, 6.45) is 6.68. The van der Waals surface area contributed by atoms with Crippen LogP contribution >= 0.6 is 0 Å². The first kappa shape index (κ1) is 12.9. The van der Waals surface area contributed by atoms with Crippen molar-refractivity contribution in [2.75, 3.05) is 13.1 Å². The van der Waals surface area contributed by atoms with E-state index in [2.05, 4.69) is 12.2 Å². The van der Waals surface area contributed by atoms with E-state index in [-0.39, 0.29) is 6.10 Å². The van der Waals surface area contributed by atoms with Crippen LogP contribution in [0.15, 0.2) is 0 Å². The number of hydrogen-bond donors (Lipinski definition) is 2. The molecule has 1 unspecified atom stereocenters. The monoisotopic (exact) mass is 187 g/mol. The second-order valence-electron chi connectivity index (χ2n) is 3.66. The molecule has 0 aromatic carbocycles. The predicted octanol–water partition coefficient (Wildman–Crippen LogP) is 2.32. The van der Waals surface area contributed by atoms with Crippen molar-refractivity contribution in [3.63, 3.8) is 0 Å². The highest BCUT2D eigenvalue weighted by Crippen LogP contribution is 2.05. The molecule has 2 heteroatoms. The molecule has 0 aromatic heterocycles. The molecule has 0 aliphatic carbocycles. The number of aliphatic hydroxyl groups excluding tert-OH is 1. The molecule has 0 fully saturated rings. The minimum atomic E-state index is -0.0661. The van der Waals surface area contributed by atoms with Gasteiger partial charge in [0.15, 0.2) is 0 Å². The smallest absolute Gasteiger partial charge is 0.0537 e. The van der Waals surface area contributed by atoms with Gasteiger partial charge in [-0.1, -0.05) is 26.7 Å². The van der Waals surface area contributed by atoms with Crippen LogP contribution in [0.25, 0.3) is 0 Å². The van der Waals surface area contributed by atoms with E-state index in [0.29, 0.717) is 0 Å². The van der Waals surface area contributed by atoms with Crippen LogP contribution in [0.4, 0.5) is 0 Å². The SMILES string of the molecule is CCCNCCCCCC(O)CC. The fourth-order valence-electron chi connectivity index (χ4n) is 1.31. The molecule has 0 spiro atoms. The molecule has 0 aromatic rings. The molecule has 13 heavy (non-hydrogen) atoms. The second kappa shape index (κ2) is 10.0. The van der Waals surface area contributed by atoms with Crippen LogP contribution in [0.2, 0.25) is 0 Å². The Labute approximate surface area is 82.7 Å². The van der Waals surface area contributed by atoms with Crippen molar-refractivity contribution >= 4 is 0 Å². The largest absolute Gasteiger partial charge is 0.393 e. The summed E-state index contributed by atoms with van der Waals surface area (Å²) in [6, 6.07) is 0. The van der Waals surface area contributed by atoms with E-state index in [1.165, 1.54) is 25.7 Å². The Morgan fingerprint density at radius 3 is 2.46 bits per heavy atom. The van der Waals surface area contributed by atoms with Gasteiger partial charge in [0.1, 0.15) is 0 Å². The van der Waals surface area contributed by atoms with Crippen LogP contribution in [-0.2, 0) is 0 Å².